The van der Waals surface area contributed by atoms with Gasteiger partial charge in [-0.2, -0.15) is 0 Å². The largest absolute Gasteiger partial charge is 0.458 e. The molecule has 4 atom stereocenters. The highest BCUT2D eigenvalue weighted by molar-refractivity contribution is 5.81. The maximum atomic E-state index is 13.3. The lowest BCUT2D eigenvalue weighted by molar-refractivity contribution is -0.186. The fourth-order valence-electron chi connectivity index (χ4n) is 5.48. The van der Waals surface area contributed by atoms with Gasteiger partial charge in [-0.25, -0.2) is 4.79 Å². The van der Waals surface area contributed by atoms with E-state index >= 15 is 0 Å². The van der Waals surface area contributed by atoms with Crippen molar-refractivity contribution in [1.29, 1.82) is 0 Å². The number of hydrogen-bond donors (Lipinski definition) is 1. The van der Waals surface area contributed by atoms with Gasteiger partial charge >= 0.3 is 5.97 Å². The Morgan fingerprint density at radius 1 is 1.04 bits per heavy atom. The normalized spacial score (nSPS) is 32.2. The number of benzene rings is 1. The summed E-state index contributed by atoms with van der Waals surface area (Å²) >= 11 is 0. The summed E-state index contributed by atoms with van der Waals surface area (Å²) in [4.78, 5) is 15.7. The molecule has 4 heteroatoms. The molecule has 1 aromatic rings. The number of ether oxygens (including phenoxy) is 1. The van der Waals surface area contributed by atoms with Crippen LogP contribution in [0.25, 0.3) is 0 Å². The van der Waals surface area contributed by atoms with Gasteiger partial charge in [-0.3, -0.25) is 4.90 Å². The number of likely N-dealkylation sites (N-methyl/N-ethyl adjacent to an activating group) is 1. The second-order valence-corrected chi connectivity index (χ2v) is 8.45. The number of hydrogen-bond acceptors (Lipinski definition) is 4. The number of aliphatic hydroxyl groups is 1. The molecule has 142 valence electrons. The number of fused-ring (bicyclic) bond motifs is 2. The van der Waals surface area contributed by atoms with Crippen LogP contribution in [-0.2, 0) is 15.1 Å². The van der Waals surface area contributed by atoms with Gasteiger partial charge in [0.2, 0.25) is 0 Å². The van der Waals surface area contributed by atoms with E-state index < -0.39 is 11.6 Å². The molecule has 2 saturated heterocycles. The van der Waals surface area contributed by atoms with Crippen molar-refractivity contribution >= 4 is 5.97 Å². The molecule has 4 rings (SSSR count). The van der Waals surface area contributed by atoms with E-state index in [0.717, 1.165) is 44.9 Å². The average Bonchev–Trinajstić information content (AvgIpc) is 2.92. The van der Waals surface area contributed by atoms with Gasteiger partial charge in [0.15, 0.2) is 5.60 Å². The zero-order valence-corrected chi connectivity index (χ0v) is 15.8. The van der Waals surface area contributed by atoms with Crippen molar-refractivity contribution in [1.82, 2.24) is 4.90 Å². The first-order valence-corrected chi connectivity index (χ1v) is 10.3. The minimum Gasteiger partial charge on any atom is -0.458 e. The summed E-state index contributed by atoms with van der Waals surface area (Å²) in [5, 5.41) is 11.7. The number of nitrogens with zero attached hydrogens (tertiary/aromatic N) is 1. The van der Waals surface area contributed by atoms with Crippen LogP contribution in [0.5, 0.6) is 0 Å². The Morgan fingerprint density at radius 2 is 1.73 bits per heavy atom. The summed E-state index contributed by atoms with van der Waals surface area (Å²) in [6.07, 6.45) is 9.30. The fraction of sp³-hybridized carbons (Fsp3) is 0.682. The van der Waals surface area contributed by atoms with E-state index in [1.54, 1.807) is 0 Å². The van der Waals surface area contributed by atoms with Gasteiger partial charge in [0.25, 0.3) is 0 Å². The van der Waals surface area contributed by atoms with E-state index in [1.165, 1.54) is 12.8 Å². The molecule has 1 N–H and O–H groups in total. The summed E-state index contributed by atoms with van der Waals surface area (Å²) < 4.78 is 6.03. The summed E-state index contributed by atoms with van der Waals surface area (Å²) in [6, 6.07) is 10.4. The van der Waals surface area contributed by atoms with Crippen molar-refractivity contribution in [2.45, 2.75) is 81.6 Å². The Kier molecular flexibility index (Phi) is 5.07. The monoisotopic (exact) mass is 357 g/mol. The number of rotatable bonds is 4. The van der Waals surface area contributed by atoms with E-state index in [1.807, 2.05) is 30.3 Å². The SMILES string of the molecule is CN1[C@@H]2CC[C@@H]1[C@H](OC(=O)C(O)(c1ccccc1)C1CCCCC1)CC2. The molecular weight excluding hydrogens is 326 g/mol. The van der Waals surface area contributed by atoms with Crippen LogP contribution in [0.4, 0.5) is 0 Å². The minimum atomic E-state index is -1.52. The van der Waals surface area contributed by atoms with Crippen molar-refractivity contribution in [2.75, 3.05) is 7.05 Å². The minimum absolute atomic E-state index is 0.0520. The number of esters is 1. The predicted molar refractivity (Wildman–Crippen MR) is 101 cm³/mol. The van der Waals surface area contributed by atoms with Crippen LogP contribution in [-0.4, -0.2) is 41.2 Å². The van der Waals surface area contributed by atoms with Crippen LogP contribution in [0.2, 0.25) is 0 Å². The second-order valence-electron chi connectivity index (χ2n) is 8.45. The van der Waals surface area contributed by atoms with E-state index in [4.69, 9.17) is 4.74 Å². The fourth-order valence-corrected chi connectivity index (χ4v) is 5.48. The molecule has 1 saturated carbocycles. The van der Waals surface area contributed by atoms with Gasteiger partial charge in [-0.05, 0) is 51.1 Å². The highest BCUT2D eigenvalue weighted by atomic mass is 16.6. The van der Waals surface area contributed by atoms with Gasteiger partial charge in [0, 0.05) is 18.0 Å². The van der Waals surface area contributed by atoms with Crippen LogP contribution in [0.15, 0.2) is 30.3 Å². The molecule has 4 nitrogen and oxygen atoms in total. The molecule has 1 aromatic carbocycles. The summed E-state index contributed by atoms with van der Waals surface area (Å²) in [7, 11) is 2.15. The van der Waals surface area contributed by atoms with Gasteiger partial charge in [0.1, 0.15) is 6.10 Å². The van der Waals surface area contributed by atoms with E-state index in [0.29, 0.717) is 17.6 Å². The Balaban J connectivity index is 1.58. The molecule has 1 unspecified atom stereocenters. The molecule has 0 spiro atoms. The van der Waals surface area contributed by atoms with Gasteiger partial charge < -0.3 is 9.84 Å². The molecular formula is C22H31NO3. The number of piperidine rings is 1. The highest BCUT2D eigenvalue weighted by Crippen LogP contribution is 2.42. The third-order valence-corrected chi connectivity index (χ3v) is 7.09. The standard InChI is InChI=1S/C22H31NO3/c1-23-18-12-14-19(23)20(15-13-18)26-21(24)22(25,16-8-4-2-5-9-16)17-10-6-3-7-11-17/h2,4-5,8-9,17-20,25H,3,6-7,10-15H2,1H3/t18-,19-,20-,22?/m1/s1. The molecule has 0 amide bonds. The third kappa shape index (κ3) is 3.07. The second kappa shape index (κ2) is 7.32. The average molecular weight is 357 g/mol. The van der Waals surface area contributed by atoms with Gasteiger partial charge in [-0.15, -0.1) is 0 Å². The van der Waals surface area contributed by atoms with Crippen molar-refractivity contribution in [3.05, 3.63) is 35.9 Å². The van der Waals surface area contributed by atoms with Crippen molar-refractivity contribution < 1.29 is 14.6 Å². The van der Waals surface area contributed by atoms with Gasteiger partial charge in [-0.1, -0.05) is 49.6 Å². The molecule has 0 radical (unpaired) electrons. The smallest absolute Gasteiger partial charge is 0.343 e. The molecule has 2 bridgehead atoms. The first-order valence-electron chi connectivity index (χ1n) is 10.3. The van der Waals surface area contributed by atoms with Crippen molar-refractivity contribution in [2.24, 2.45) is 5.92 Å². The zero-order valence-electron chi connectivity index (χ0n) is 15.8. The highest BCUT2D eigenvalue weighted by Gasteiger charge is 2.50. The van der Waals surface area contributed by atoms with Crippen molar-refractivity contribution in [3.8, 4) is 0 Å². The third-order valence-electron chi connectivity index (χ3n) is 7.09. The van der Waals surface area contributed by atoms with Crippen LogP contribution in [0, 0.1) is 5.92 Å². The van der Waals surface area contributed by atoms with Crippen molar-refractivity contribution in [3.63, 3.8) is 0 Å². The summed E-state index contributed by atoms with van der Waals surface area (Å²) in [5.74, 6) is -0.483. The first-order chi connectivity index (χ1) is 12.6. The molecule has 3 aliphatic rings. The Bertz CT molecular complexity index is 628. The van der Waals surface area contributed by atoms with Gasteiger partial charge in [0.05, 0.1) is 0 Å². The first kappa shape index (κ1) is 18.0. The Hall–Kier alpha value is -1.39. The lowest BCUT2D eigenvalue weighted by Gasteiger charge is -2.41. The quantitative estimate of drug-likeness (QED) is 0.836. The van der Waals surface area contributed by atoms with E-state index in [-0.39, 0.29) is 12.0 Å². The molecule has 26 heavy (non-hydrogen) atoms. The lowest BCUT2D eigenvalue weighted by atomic mass is 9.73. The maximum Gasteiger partial charge on any atom is 0.343 e. The Labute approximate surface area is 156 Å². The van der Waals surface area contributed by atoms with Crippen LogP contribution in [0.1, 0.15) is 63.4 Å². The lowest BCUT2D eigenvalue weighted by Crippen LogP contribution is -2.51. The molecule has 3 fully saturated rings. The Morgan fingerprint density at radius 3 is 2.46 bits per heavy atom. The molecule has 2 heterocycles. The summed E-state index contributed by atoms with van der Waals surface area (Å²) in [6.45, 7) is 0. The predicted octanol–water partition coefficient (Wildman–Crippen LogP) is 3.62. The molecule has 1 aliphatic carbocycles. The molecule has 2 aliphatic heterocycles. The van der Waals surface area contributed by atoms with E-state index in [9.17, 15) is 9.90 Å². The topological polar surface area (TPSA) is 49.8 Å². The van der Waals surface area contributed by atoms with Crippen LogP contribution >= 0.6 is 0 Å². The maximum absolute atomic E-state index is 13.3. The number of carbonyl (C=O) groups is 1. The van der Waals surface area contributed by atoms with Crippen LogP contribution < -0.4 is 0 Å². The zero-order chi connectivity index (χ0) is 18.1. The van der Waals surface area contributed by atoms with Crippen LogP contribution in [0.3, 0.4) is 0 Å². The summed E-state index contributed by atoms with van der Waals surface area (Å²) in [5.41, 5.74) is -0.833. The van der Waals surface area contributed by atoms with E-state index in [2.05, 4.69) is 11.9 Å². The molecule has 0 aromatic heterocycles. The number of carbonyl (C=O) groups excluding carboxylic acids is 1.